The molecule has 0 bridgehead atoms. The summed E-state index contributed by atoms with van der Waals surface area (Å²) in [5.74, 6) is -1.44. The molecular weight excluding hydrogens is 492 g/mol. The van der Waals surface area contributed by atoms with E-state index in [4.69, 9.17) is 16.2 Å². The van der Waals surface area contributed by atoms with Crippen LogP contribution in [0.5, 0.6) is 0 Å². The van der Waals surface area contributed by atoms with Crippen molar-refractivity contribution in [2.45, 2.75) is 51.1 Å². The molecule has 1 aliphatic carbocycles. The molecule has 5 N–H and O–H groups in total. The fourth-order valence-corrected chi connectivity index (χ4v) is 5.73. The molecule has 200 valence electrons. The summed E-state index contributed by atoms with van der Waals surface area (Å²) in [4.78, 5) is 43.5. The van der Waals surface area contributed by atoms with E-state index < -0.39 is 17.9 Å². The van der Waals surface area contributed by atoms with E-state index in [0.29, 0.717) is 26.2 Å². The summed E-state index contributed by atoms with van der Waals surface area (Å²) in [5.41, 5.74) is 13.1. The Hall–Kier alpha value is -3.02. The fraction of sp³-hybridized carbons (Fsp3) is 0.538. The number of nitrogens with two attached hydrogens (primary N) is 2. The van der Waals surface area contributed by atoms with Gasteiger partial charge < -0.3 is 26.4 Å². The lowest BCUT2D eigenvalue weighted by molar-refractivity contribution is -0.126. The number of amides is 3. The number of nitrogen functional groups attached to an aromatic ring is 1. The third kappa shape index (κ3) is 6.65. The van der Waals surface area contributed by atoms with Gasteiger partial charge in [0.25, 0.3) is 11.8 Å². The average molecular weight is 529 g/mol. The maximum Gasteiger partial charge on any atom is 0.270 e. The van der Waals surface area contributed by atoms with Crippen LogP contribution in [-0.4, -0.2) is 77.3 Å². The Morgan fingerprint density at radius 3 is 2.49 bits per heavy atom. The third-order valence-corrected chi connectivity index (χ3v) is 7.90. The van der Waals surface area contributed by atoms with Crippen molar-refractivity contribution in [3.63, 3.8) is 0 Å². The van der Waals surface area contributed by atoms with Crippen LogP contribution in [0.1, 0.15) is 69.4 Å². The number of morpholine rings is 1. The molecule has 2 aliphatic rings. The largest absolute Gasteiger partial charge is 0.395 e. The maximum absolute atomic E-state index is 14.0. The number of anilines is 1. The zero-order valence-corrected chi connectivity index (χ0v) is 22.1. The number of carbonyl (C=O) groups is 3. The first-order chi connectivity index (χ1) is 17.8. The number of nitrogens with zero attached hydrogens (tertiary/aromatic N) is 3. The number of rotatable bonds is 10. The molecule has 2 heterocycles. The second-order valence-corrected chi connectivity index (χ2v) is 10.5. The molecule has 37 heavy (non-hydrogen) atoms. The fourth-order valence-electron chi connectivity index (χ4n) is 4.97. The van der Waals surface area contributed by atoms with Crippen LogP contribution in [-0.2, 0) is 9.53 Å². The molecule has 11 heteroatoms. The summed E-state index contributed by atoms with van der Waals surface area (Å²) >= 11 is 0.836. The molecule has 1 aliphatic heterocycles. The van der Waals surface area contributed by atoms with Gasteiger partial charge in [-0.1, -0.05) is 42.7 Å². The van der Waals surface area contributed by atoms with Crippen molar-refractivity contribution in [3.05, 3.63) is 46.0 Å². The van der Waals surface area contributed by atoms with Crippen molar-refractivity contribution in [3.8, 4) is 0 Å². The van der Waals surface area contributed by atoms with E-state index in [1.165, 1.54) is 0 Å². The van der Waals surface area contributed by atoms with Gasteiger partial charge in [0.15, 0.2) is 5.69 Å². The highest BCUT2D eigenvalue weighted by Gasteiger charge is 2.35. The zero-order valence-electron chi connectivity index (χ0n) is 21.3. The van der Waals surface area contributed by atoms with Crippen molar-refractivity contribution in [1.29, 1.82) is 0 Å². The van der Waals surface area contributed by atoms with Gasteiger partial charge in [-0.2, -0.15) is 4.37 Å². The molecule has 1 aromatic heterocycles. The summed E-state index contributed by atoms with van der Waals surface area (Å²) in [6.45, 7) is 6.12. The summed E-state index contributed by atoms with van der Waals surface area (Å²) < 4.78 is 9.46. The highest BCUT2D eigenvalue weighted by atomic mass is 32.1. The van der Waals surface area contributed by atoms with Gasteiger partial charge in [0.2, 0.25) is 5.91 Å². The average Bonchev–Trinajstić information content (AvgIpc) is 3.54. The lowest BCUT2D eigenvalue weighted by Crippen LogP contribution is -2.47. The number of nitrogens with one attached hydrogen (secondary N) is 1. The second-order valence-electron chi connectivity index (χ2n) is 9.75. The first-order valence-corrected chi connectivity index (χ1v) is 13.7. The lowest BCUT2D eigenvalue weighted by Gasteiger charge is -2.33. The highest BCUT2D eigenvalue weighted by molar-refractivity contribution is 7.09. The van der Waals surface area contributed by atoms with Gasteiger partial charge in [0.05, 0.1) is 18.9 Å². The maximum atomic E-state index is 14.0. The molecule has 1 saturated heterocycles. The van der Waals surface area contributed by atoms with Gasteiger partial charge in [-0.05, 0) is 43.3 Å². The van der Waals surface area contributed by atoms with Gasteiger partial charge in [-0.3, -0.25) is 19.3 Å². The van der Waals surface area contributed by atoms with E-state index in [9.17, 15) is 14.4 Å². The summed E-state index contributed by atoms with van der Waals surface area (Å²) in [6.07, 6.45) is 4.68. The number of primary amides is 1. The Morgan fingerprint density at radius 1 is 1.19 bits per heavy atom. The topological polar surface area (TPSA) is 144 Å². The smallest absolute Gasteiger partial charge is 0.270 e. The molecule has 1 atom stereocenters. The number of benzene rings is 1. The van der Waals surface area contributed by atoms with E-state index in [0.717, 1.165) is 68.0 Å². The summed E-state index contributed by atoms with van der Waals surface area (Å²) in [7, 11) is 0. The Labute approximate surface area is 221 Å². The molecule has 2 fully saturated rings. The minimum Gasteiger partial charge on any atom is -0.395 e. The molecule has 1 saturated carbocycles. The molecule has 1 aromatic carbocycles. The number of aromatic nitrogens is 1. The normalized spacial score (nSPS) is 17.4. The van der Waals surface area contributed by atoms with Crippen LogP contribution in [0, 0.1) is 6.92 Å². The van der Waals surface area contributed by atoms with E-state index in [1.54, 1.807) is 4.90 Å². The molecule has 0 spiro atoms. The van der Waals surface area contributed by atoms with Crippen molar-refractivity contribution < 1.29 is 19.1 Å². The van der Waals surface area contributed by atoms with Crippen LogP contribution in [0.25, 0.3) is 0 Å². The predicted octanol–water partition coefficient (Wildman–Crippen LogP) is 2.10. The van der Waals surface area contributed by atoms with Crippen LogP contribution < -0.4 is 16.8 Å². The van der Waals surface area contributed by atoms with E-state index >= 15 is 0 Å². The van der Waals surface area contributed by atoms with Crippen molar-refractivity contribution in [2.75, 3.05) is 45.1 Å². The highest BCUT2D eigenvalue weighted by Crippen LogP contribution is 2.30. The van der Waals surface area contributed by atoms with E-state index in [2.05, 4.69) is 14.6 Å². The van der Waals surface area contributed by atoms with Gasteiger partial charge in [0, 0.05) is 32.2 Å². The van der Waals surface area contributed by atoms with Gasteiger partial charge in [0.1, 0.15) is 10.9 Å². The van der Waals surface area contributed by atoms with Crippen molar-refractivity contribution in [2.24, 2.45) is 5.73 Å². The van der Waals surface area contributed by atoms with E-state index in [1.807, 2.05) is 31.2 Å². The Balaban J connectivity index is 1.65. The number of ether oxygens (including phenoxy) is 1. The lowest BCUT2D eigenvalue weighted by atomic mass is 10.0. The monoisotopic (exact) mass is 528 g/mol. The molecule has 0 radical (unpaired) electrons. The second kappa shape index (κ2) is 12.5. The standard InChI is InChI=1S/C26H36N6O4S/c1-17-7-9-18(10-8-17)22(25(34)29-19-5-2-3-6-19)32(12-4-11-31-13-15-36-16-14-31)26(35)23-20(27)21(24(28)33)30-37-23/h7-10,19,22H,2-6,11-16,27H2,1H3,(H2,28,33)(H,29,34)/t22-/m1/s1. The Bertz CT molecular complexity index is 1090. The van der Waals surface area contributed by atoms with Crippen LogP contribution in [0.2, 0.25) is 0 Å². The number of carbonyl (C=O) groups excluding carboxylic acids is 3. The molecular formula is C26H36N6O4S. The minimum atomic E-state index is -0.850. The number of hydrogen-bond acceptors (Lipinski definition) is 8. The van der Waals surface area contributed by atoms with Crippen molar-refractivity contribution >= 4 is 34.9 Å². The number of aryl methyl sites for hydroxylation is 1. The molecule has 2 aromatic rings. The van der Waals surface area contributed by atoms with Crippen LogP contribution in [0.4, 0.5) is 5.69 Å². The first-order valence-electron chi connectivity index (χ1n) is 12.9. The first kappa shape index (κ1) is 27.0. The summed E-state index contributed by atoms with van der Waals surface area (Å²) in [6, 6.07) is 6.90. The SMILES string of the molecule is Cc1ccc([C@H](C(=O)NC2CCCC2)N(CCCN2CCOCC2)C(=O)c2snc(C(N)=O)c2N)cc1. The molecule has 0 unspecified atom stereocenters. The van der Waals surface area contributed by atoms with Gasteiger partial charge >= 0.3 is 0 Å². The van der Waals surface area contributed by atoms with Crippen LogP contribution >= 0.6 is 11.5 Å². The van der Waals surface area contributed by atoms with Crippen LogP contribution in [0.3, 0.4) is 0 Å². The minimum absolute atomic E-state index is 0.0421. The third-order valence-electron chi connectivity index (χ3n) is 7.05. The van der Waals surface area contributed by atoms with E-state index in [-0.39, 0.29) is 28.2 Å². The number of hydrogen-bond donors (Lipinski definition) is 3. The predicted molar refractivity (Wildman–Crippen MR) is 142 cm³/mol. The van der Waals surface area contributed by atoms with Crippen molar-refractivity contribution in [1.82, 2.24) is 19.5 Å². The van der Waals surface area contributed by atoms with Gasteiger partial charge in [-0.25, -0.2) is 0 Å². The van der Waals surface area contributed by atoms with Gasteiger partial charge in [-0.15, -0.1) is 0 Å². The molecule has 10 nitrogen and oxygen atoms in total. The summed E-state index contributed by atoms with van der Waals surface area (Å²) in [5, 5.41) is 3.18. The Morgan fingerprint density at radius 2 is 1.86 bits per heavy atom. The van der Waals surface area contributed by atoms with Crippen LogP contribution in [0.15, 0.2) is 24.3 Å². The zero-order chi connectivity index (χ0) is 26.4. The quantitative estimate of drug-likeness (QED) is 0.428. The molecule has 4 rings (SSSR count). The Kier molecular flexibility index (Phi) is 9.12. The molecule has 3 amide bonds.